The van der Waals surface area contributed by atoms with Crippen LogP contribution in [0.2, 0.25) is 10.0 Å². The summed E-state index contributed by atoms with van der Waals surface area (Å²) in [7, 11) is 1.58. The minimum atomic E-state index is -1.02. The molecule has 0 heterocycles. The molecule has 0 aromatic heterocycles. The fraction of sp³-hybridized carbons (Fsp3) is 0.267. The highest BCUT2D eigenvalue weighted by Gasteiger charge is 2.08. The summed E-state index contributed by atoms with van der Waals surface area (Å²) in [4.78, 5) is 10.3. The number of carbonyl (C=O) groups is 1. The van der Waals surface area contributed by atoms with E-state index in [-0.39, 0.29) is 6.79 Å². The Balaban J connectivity index is 2.65. The first-order valence-electron chi connectivity index (χ1n) is 6.30. The molecule has 0 atom stereocenters. The van der Waals surface area contributed by atoms with Gasteiger partial charge in [-0.25, -0.2) is 4.79 Å². The zero-order chi connectivity index (χ0) is 16.4. The van der Waals surface area contributed by atoms with Crippen LogP contribution < -0.4 is 4.74 Å². The van der Waals surface area contributed by atoms with Crippen molar-refractivity contribution in [1.82, 2.24) is 0 Å². The van der Waals surface area contributed by atoms with Crippen LogP contribution in [0, 0.1) is 0 Å². The number of carboxylic acid groups (broad SMARTS) is 1. The molecular weight excluding hydrogens is 331 g/mol. The Morgan fingerprint density at radius 1 is 1.23 bits per heavy atom. The molecule has 1 aromatic rings. The van der Waals surface area contributed by atoms with Crippen molar-refractivity contribution in [2.75, 3.05) is 27.1 Å². The van der Waals surface area contributed by atoms with Gasteiger partial charge in [0.25, 0.3) is 0 Å². The second kappa shape index (κ2) is 10.2. The van der Waals surface area contributed by atoms with Crippen LogP contribution in [0.4, 0.5) is 0 Å². The van der Waals surface area contributed by atoms with Crippen molar-refractivity contribution >= 4 is 35.2 Å². The highest BCUT2D eigenvalue weighted by atomic mass is 35.5. The largest absolute Gasteiger partial charge is 0.478 e. The fourth-order valence-electron chi connectivity index (χ4n) is 1.42. The normalized spacial score (nSPS) is 11.4. The van der Waals surface area contributed by atoms with Gasteiger partial charge in [0.15, 0.2) is 12.5 Å². The molecule has 5 nitrogen and oxygen atoms in total. The maximum atomic E-state index is 10.3. The number of methoxy groups -OCH3 is 1. The summed E-state index contributed by atoms with van der Waals surface area (Å²) in [6.07, 6.45) is 5.67. The van der Waals surface area contributed by atoms with Gasteiger partial charge in [-0.1, -0.05) is 41.4 Å². The second-order valence-corrected chi connectivity index (χ2v) is 4.85. The molecule has 0 aliphatic carbocycles. The first-order chi connectivity index (χ1) is 10.5. The molecular formula is C15H16Cl2O5. The fourth-order valence-corrected chi connectivity index (χ4v) is 2.03. The van der Waals surface area contributed by atoms with E-state index in [9.17, 15) is 4.79 Å². The predicted octanol–water partition coefficient (Wildman–Crippen LogP) is 3.65. The number of rotatable bonds is 9. The summed E-state index contributed by atoms with van der Waals surface area (Å²) in [5.41, 5.74) is 0.720. The monoisotopic (exact) mass is 346 g/mol. The summed E-state index contributed by atoms with van der Waals surface area (Å²) >= 11 is 12.2. The van der Waals surface area contributed by atoms with Crippen LogP contribution in [-0.2, 0) is 14.3 Å². The summed E-state index contributed by atoms with van der Waals surface area (Å²) in [6.45, 7) is 0.889. The van der Waals surface area contributed by atoms with Crippen molar-refractivity contribution in [2.45, 2.75) is 0 Å². The maximum Gasteiger partial charge on any atom is 0.328 e. The third-order valence-electron chi connectivity index (χ3n) is 2.38. The second-order valence-electron chi connectivity index (χ2n) is 4.03. The van der Waals surface area contributed by atoms with Gasteiger partial charge < -0.3 is 19.3 Å². The van der Waals surface area contributed by atoms with Crippen LogP contribution in [0.3, 0.4) is 0 Å². The van der Waals surface area contributed by atoms with E-state index in [1.165, 1.54) is 6.08 Å². The van der Waals surface area contributed by atoms with Gasteiger partial charge in [-0.15, -0.1) is 0 Å². The van der Waals surface area contributed by atoms with E-state index in [1.54, 1.807) is 31.4 Å². The van der Waals surface area contributed by atoms with Gasteiger partial charge in [-0.05, 0) is 17.7 Å². The molecule has 7 heteroatoms. The van der Waals surface area contributed by atoms with Gasteiger partial charge in [0, 0.05) is 13.2 Å². The van der Waals surface area contributed by atoms with Crippen LogP contribution >= 0.6 is 23.2 Å². The van der Waals surface area contributed by atoms with Crippen LogP contribution in [0.25, 0.3) is 6.08 Å². The van der Waals surface area contributed by atoms with E-state index >= 15 is 0 Å². The Morgan fingerprint density at radius 3 is 2.50 bits per heavy atom. The van der Waals surface area contributed by atoms with Crippen molar-refractivity contribution in [1.29, 1.82) is 0 Å². The van der Waals surface area contributed by atoms with Crippen molar-refractivity contribution in [3.8, 4) is 5.75 Å². The van der Waals surface area contributed by atoms with Crippen molar-refractivity contribution < 1.29 is 24.1 Å². The Morgan fingerprint density at radius 2 is 1.91 bits per heavy atom. The Hall–Kier alpha value is -1.53. The van der Waals surface area contributed by atoms with Gasteiger partial charge in [-0.2, -0.15) is 0 Å². The first-order valence-corrected chi connectivity index (χ1v) is 7.06. The SMILES string of the molecule is COCCOCOc1c(Cl)cc(C=CC=CC(=O)O)cc1Cl. The summed E-state index contributed by atoms with van der Waals surface area (Å²) < 4.78 is 15.4. The number of aliphatic carboxylic acids is 1. The first kappa shape index (κ1) is 18.5. The minimum absolute atomic E-state index is 0.0132. The molecule has 120 valence electrons. The molecule has 0 saturated carbocycles. The van der Waals surface area contributed by atoms with Crippen LogP contribution in [0.15, 0.2) is 30.4 Å². The van der Waals surface area contributed by atoms with Gasteiger partial charge >= 0.3 is 5.97 Å². The molecule has 0 saturated heterocycles. The average Bonchev–Trinajstić information content (AvgIpc) is 2.45. The number of benzene rings is 1. The van der Waals surface area contributed by atoms with E-state index < -0.39 is 5.97 Å². The zero-order valence-electron chi connectivity index (χ0n) is 11.9. The van der Waals surface area contributed by atoms with E-state index in [2.05, 4.69) is 0 Å². The van der Waals surface area contributed by atoms with Crippen LogP contribution in [0.5, 0.6) is 5.75 Å². The summed E-state index contributed by atoms with van der Waals surface area (Å²) in [5.74, 6) is -0.683. The molecule has 0 amide bonds. The number of hydrogen-bond acceptors (Lipinski definition) is 4. The van der Waals surface area contributed by atoms with Crippen molar-refractivity contribution in [3.63, 3.8) is 0 Å². The molecule has 1 aromatic carbocycles. The number of allylic oxidation sites excluding steroid dienone is 2. The number of carboxylic acids is 1. The molecule has 0 fully saturated rings. The minimum Gasteiger partial charge on any atom is -0.478 e. The highest BCUT2D eigenvalue weighted by molar-refractivity contribution is 6.37. The third-order valence-corrected chi connectivity index (χ3v) is 2.94. The molecule has 22 heavy (non-hydrogen) atoms. The Labute approximate surface area is 138 Å². The van der Waals surface area contributed by atoms with E-state index in [0.29, 0.717) is 29.0 Å². The molecule has 0 unspecified atom stereocenters. The van der Waals surface area contributed by atoms with Gasteiger partial charge in [0.2, 0.25) is 0 Å². The van der Waals surface area contributed by atoms with Gasteiger partial charge in [-0.3, -0.25) is 0 Å². The molecule has 0 radical (unpaired) electrons. The Bertz CT molecular complexity index is 532. The molecule has 0 aliphatic heterocycles. The summed E-state index contributed by atoms with van der Waals surface area (Å²) in [6, 6.07) is 3.31. The number of ether oxygens (including phenoxy) is 3. The van der Waals surface area contributed by atoms with Gasteiger partial charge in [0.1, 0.15) is 0 Å². The number of halogens is 2. The topological polar surface area (TPSA) is 65.0 Å². The molecule has 1 rings (SSSR count). The lowest BCUT2D eigenvalue weighted by Crippen LogP contribution is -2.08. The van der Waals surface area contributed by atoms with Crippen LogP contribution in [0.1, 0.15) is 5.56 Å². The van der Waals surface area contributed by atoms with E-state index in [1.807, 2.05) is 0 Å². The van der Waals surface area contributed by atoms with Crippen molar-refractivity contribution in [3.05, 3.63) is 46.0 Å². The maximum absolute atomic E-state index is 10.3. The standard InChI is InChI=1S/C15H16Cl2O5/c1-20-6-7-21-10-22-15-12(16)8-11(9-13(15)17)4-2-3-5-14(18)19/h2-5,8-9H,6-7,10H2,1H3,(H,18,19). The van der Waals surface area contributed by atoms with Crippen molar-refractivity contribution in [2.24, 2.45) is 0 Å². The lowest BCUT2D eigenvalue weighted by atomic mass is 10.2. The number of hydrogen-bond donors (Lipinski definition) is 1. The van der Waals surface area contributed by atoms with Gasteiger partial charge in [0.05, 0.1) is 23.3 Å². The highest BCUT2D eigenvalue weighted by Crippen LogP contribution is 2.34. The molecule has 0 aliphatic rings. The average molecular weight is 347 g/mol. The van der Waals surface area contributed by atoms with E-state index in [4.69, 9.17) is 42.5 Å². The predicted molar refractivity (Wildman–Crippen MR) is 85.6 cm³/mol. The Kier molecular flexibility index (Phi) is 8.62. The smallest absolute Gasteiger partial charge is 0.328 e. The molecule has 1 N–H and O–H groups in total. The lowest BCUT2D eigenvalue weighted by molar-refractivity contribution is -0.131. The summed E-state index contributed by atoms with van der Waals surface area (Å²) in [5, 5.41) is 9.15. The van der Waals surface area contributed by atoms with Crippen LogP contribution in [-0.4, -0.2) is 38.2 Å². The quantitative estimate of drug-likeness (QED) is 0.320. The lowest BCUT2D eigenvalue weighted by Gasteiger charge is -2.11. The molecule has 0 bridgehead atoms. The van der Waals surface area contributed by atoms with E-state index in [0.717, 1.165) is 11.6 Å². The molecule has 0 spiro atoms. The third kappa shape index (κ3) is 6.95. The zero-order valence-corrected chi connectivity index (χ0v) is 13.4.